The molecule has 26 heavy (non-hydrogen) atoms. The van der Waals surface area contributed by atoms with E-state index in [1.54, 1.807) is 6.92 Å². The highest BCUT2D eigenvalue weighted by Crippen LogP contribution is 2.29. The molecule has 2 rings (SSSR count). The lowest BCUT2D eigenvalue weighted by molar-refractivity contribution is -0.162. The fourth-order valence-electron chi connectivity index (χ4n) is 3.38. The molecule has 0 radical (unpaired) electrons. The lowest BCUT2D eigenvalue weighted by Gasteiger charge is -2.35. The second kappa shape index (κ2) is 9.87. The molecule has 0 aromatic rings. The van der Waals surface area contributed by atoms with Crippen molar-refractivity contribution in [3.05, 3.63) is 0 Å². The number of amides is 1. The highest BCUT2D eigenvalue weighted by Gasteiger charge is 2.42. The van der Waals surface area contributed by atoms with Gasteiger partial charge in [-0.05, 0) is 32.6 Å². The number of hydrogen-bond acceptors (Lipinski definition) is 7. The summed E-state index contributed by atoms with van der Waals surface area (Å²) >= 11 is 0. The quantitative estimate of drug-likeness (QED) is 0.638. The average molecular weight is 371 g/mol. The summed E-state index contributed by atoms with van der Waals surface area (Å²) in [6, 6.07) is 0. The number of carbonyl (C=O) groups excluding carboxylic acids is 3. The summed E-state index contributed by atoms with van der Waals surface area (Å²) in [5.74, 6) is -1.59. The molecule has 1 aliphatic carbocycles. The first-order valence-electron chi connectivity index (χ1n) is 9.26. The molecule has 1 saturated heterocycles. The van der Waals surface area contributed by atoms with Crippen LogP contribution in [0.1, 0.15) is 51.9 Å². The Morgan fingerprint density at radius 1 is 1.19 bits per heavy atom. The molecule has 0 aromatic heterocycles. The molecule has 2 fully saturated rings. The molecule has 1 N–H and O–H groups in total. The van der Waals surface area contributed by atoms with E-state index in [0.29, 0.717) is 19.4 Å². The van der Waals surface area contributed by atoms with Crippen molar-refractivity contribution in [2.24, 2.45) is 0 Å². The van der Waals surface area contributed by atoms with E-state index in [0.717, 1.165) is 38.7 Å². The van der Waals surface area contributed by atoms with Gasteiger partial charge in [-0.3, -0.25) is 4.79 Å². The Morgan fingerprint density at radius 2 is 1.92 bits per heavy atom. The monoisotopic (exact) mass is 371 g/mol. The van der Waals surface area contributed by atoms with E-state index in [9.17, 15) is 14.4 Å². The zero-order valence-electron chi connectivity index (χ0n) is 15.6. The fourth-order valence-corrected chi connectivity index (χ4v) is 3.38. The summed E-state index contributed by atoms with van der Waals surface area (Å²) < 4.78 is 20.7. The summed E-state index contributed by atoms with van der Waals surface area (Å²) in [6.07, 6.45) is 4.89. The van der Waals surface area contributed by atoms with E-state index >= 15 is 0 Å². The van der Waals surface area contributed by atoms with Crippen LogP contribution < -0.4 is 5.32 Å². The minimum absolute atomic E-state index is 0.0137. The van der Waals surface area contributed by atoms with Crippen molar-refractivity contribution >= 4 is 17.8 Å². The molecule has 8 nitrogen and oxygen atoms in total. The number of carbonyl (C=O) groups is 3. The fraction of sp³-hybridized carbons (Fsp3) is 0.833. The average Bonchev–Trinajstić information content (AvgIpc) is 3.17. The first-order chi connectivity index (χ1) is 12.5. The van der Waals surface area contributed by atoms with Crippen LogP contribution in [0.4, 0.5) is 0 Å². The van der Waals surface area contributed by atoms with E-state index in [1.165, 1.54) is 7.11 Å². The first kappa shape index (κ1) is 20.6. The minimum Gasteiger partial charge on any atom is -0.467 e. The molecule has 2 atom stereocenters. The number of ether oxygens (including phenoxy) is 4. The Labute approximate surface area is 153 Å². The predicted octanol–water partition coefficient (Wildman–Crippen LogP) is 1.11. The van der Waals surface area contributed by atoms with E-state index in [-0.39, 0.29) is 6.10 Å². The Hall–Kier alpha value is -1.67. The SMILES string of the molecule is COC(=O)C1(NC(=O)COC(=O)C(C)OCC2CCCO2)CCCCC1. The number of nitrogens with one attached hydrogen (secondary N) is 1. The van der Waals surface area contributed by atoms with Gasteiger partial charge in [-0.2, -0.15) is 0 Å². The second-order valence-electron chi connectivity index (χ2n) is 6.90. The summed E-state index contributed by atoms with van der Waals surface area (Å²) in [6.45, 7) is 2.17. The number of rotatable bonds is 8. The normalized spacial score (nSPS) is 23.1. The van der Waals surface area contributed by atoms with Crippen LogP contribution in [0.25, 0.3) is 0 Å². The van der Waals surface area contributed by atoms with Crippen LogP contribution in [-0.2, 0) is 33.3 Å². The van der Waals surface area contributed by atoms with Gasteiger partial charge in [0, 0.05) is 6.61 Å². The molecule has 148 valence electrons. The highest BCUT2D eigenvalue weighted by atomic mass is 16.6. The van der Waals surface area contributed by atoms with Gasteiger partial charge in [-0.15, -0.1) is 0 Å². The van der Waals surface area contributed by atoms with Gasteiger partial charge >= 0.3 is 11.9 Å². The first-order valence-corrected chi connectivity index (χ1v) is 9.26. The predicted molar refractivity (Wildman–Crippen MR) is 91.3 cm³/mol. The standard InChI is InChI=1S/C18H29NO7/c1-13(25-11-14-7-6-10-24-14)16(21)26-12-15(20)19-18(17(22)23-2)8-4-3-5-9-18/h13-14H,3-12H2,1-2H3,(H,19,20). The highest BCUT2D eigenvalue weighted by molar-refractivity contribution is 5.89. The van der Waals surface area contributed by atoms with Crippen LogP contribution >= 0.6 is 0 Å². The molecular formula is C18H29NO7. The van der Waals surface area contributed by atoms with E-state index in [4.69, 9.17) is 18.9 Å². The molecule has 1 heterocycles. The minimum atomic E-state index is -1.02. The van der Waals surface area contributed by atoms with Gasteiger partial charge in [0.15, 0.2) is 12.7 Å². The van der Waals surface area contributed by atoms with Crippen molar-refractivity contribution in [3.63, 3.8) is 0 Å². The molecule has 2 unspecified atom stereocenters. The van der Waals surface area contributed by atoms with Gasteiger partial charge in [0.1, 0.15) is 5.54 Å². The molecule has 0 spiro atoms. The van der Waals surface area contributed by atoms with Crippen molar-refractivity contribution in [1.29, 1.82) is 0 Å². The van der Waals surface area contributed by atoms with Gasteiger partial charge in [0.25, 0.3) is 5.91 Å². The van der Waals surface area contributed by atoms with Crippen molar-refractivity contribution in [3.8, 4) is 0 Å². The molecule has 8 heteroatoms. The van der Waals surface area contributed by atoms with Gasteiger partial charge < -0.3 is 24.3 Å². The Kier molecular flexibility index (Phi) is 7.84. The smallest absolute Gasteiger partial charge is 0.335 e. The number of esters is 2. The maximum Gasteiger partial charge on any atom is 0.335 e. The van der Waals surface area contributed by atoms with Gasteiger partial charge in [0.2, 0.25) is 0 Å². The van der Waals surface area contributed by atoms with Gasteiger partial charge in [0.05, 0.1) is 19.8 Å². The van der Waals surface area contributed by atoms with Crippen LogP contribution in [0.5, 0.6) is 0 Å². The zero-order chi connectivity index (χ0) is 19.0. The summed E-state index contributed by atoms with van der Waals surface area (Å²) in [5.41, 5.74) is -1.02. The molecule has 2 aliphatic rings. The third kappa shape index (κ3) is 5.67. The molecular weight excluding hydrogens is 342 g/mol. The van der Waals surface area contributed by atoms with Gasteiger partial charge in [-0.1, -0.05) is 19.3 Å². The van der Waals surface area contributed by atoms with Crippen molar-refractivity contribution in [2.75, 3.05) is 26.9 Å². The van der Waals surface area contributed by atoms with Crippen molar-refractivity contribution < 1.29 is 33.3 Å². The summed E-state index contributed by atoms with van der Waals surface area (Å²) in [4.78, 5) is 36.2. The van der Waals surface area contributed by atoms with Crippen LogP contribution in [0, 0.1) is 0 Å². The summed E-state index contributed by atoms with van der Waals surface area (Å²) in [5, 5.41) is 2.70. The topological polar surface area (TPSA) is 100 Å². The maximum atomic E-state index is 12.2. The van der Waals surface area contributed by atoms with E-state index in [2.05, 4.69) is 5.32 Å². The van der Waals surface area contributed by atoms with Crippen LogP contribution in [0.3, 0.4) is 0 Å². The third-order valence-corrected chi connectivity index (χ3v) is 4.90. The third-order valence-electron chi connectivity index (χ3n) is 4.90. The Morgan fingerprint density at radius 3 is 2.54 bits per heavy atom. The van der Waals surface area contributed by atoms with Crippen molar-refractivity contribution in [2.45, 2.75) is 69.6 Å². The summed E-state index contributed by atoms with van der Waals surface area (Å²) in [7, 11) is 1.30. The lowest BCUT2D eigenvalue weighted by Crippen LogP contribution is -2.57. The largest absolute Gasteiger partial charge is 0.467 e. The lowest BCUT2D eigenvalue weighted by atomic mass is 9.81. The van der Waals surface area contributed by atoms with E-state index in [1.807, 2.05) is 0 Å². The molecule has 0 bridgehead atoms. The molecule has 1 amide bonds. The maximum absolute atomic E-state index is 12.2. The Bertz CT molecular complexity index is 496. The van der Waals surface area contributed by atoms with Crippen LogP contribution in [-0.4, -0.2) is 62.5 Å². The van der Waals surface area contributed by atoms with Crippen LogP contribution in [0.15, 0.2) is 0 Å². The van der Waals surface area contributed by atoms with E-state index < -0.39 is 36.1 Å². The molecule has 1 saturated carbocycles. The molecule has 1 aliphatic heterocycles. The number of hydrogen-bond donors (Lipinski definition) is 1. The Balaban J connectivity index is 1.75. The van der Waals surface area contributed by atoms with Crippen LogP contribution in [0.2, 0.25) is 0 Å². The zero-order valence-corrected chi connectivity index (χ0v) is 15.6. The molecule has 0 aromatic carbocycles. The second-order valence-corrected chi connectivity index (χ2v) is 6.90. The van der Waals surface area contributed by atoms with Crippen molar-refractivity contribution in [1.82, 2.24) is 5.32 Å². The van der Waals surface area contributed by atoms with Gasteiger partial charge in [-0.25, -0.2) is 9.59 Å². The number of methoxy groups -OCH3 is 1.